The molecule has 1 aromatic heterocycles. The molecule has 4 rings (SSSR count). The molecule has 2 aliphatic rings. The number of amides is 1. The van der Waals surface area contributed by atoms with E-state index >= 15 is 0 Å². The maximum absolute atomic E-state index is 12.4. The molecule has 1 saturated heterocycles. The van der Waals surface area contributed by atoms with E-state index in [-0.39, 0.29) is 23.9 Å². The normalized spacial score (nSPS) is 22.0. The highest BCUT2D eigenvalue weighted by atomic mass is 16.5. The molecule has 1 amide bonds. The van der Waals surface area contributed by atoms with Crippen LogP contribution >= 0.6 is 0 Å². The Morgan fingerprint density at radius 3 is 3.00 bits per heavy atom. The van der Waals surface area contributed by atoms with Gasteiger partial charge in [0, 0.05) is 18.6 Å². The Kier molecular flexibility index (Phi) is 4.35. The molecule has 2 N–H and O–H groups in total. The van der Waals surface area contributed by atoms with Gasteiger partial charge in [0.2, 0.25) is 0 Å². The first-order valence-corrected chi connectivity index (χ1v) is 8.83. The van der Waals surface area contributed by atoms with Crippen molar-refractivity contribution in [2.45, 2.75) is 44.4 Å². The lowest BCUT2D eigenvalue weighted by atomic mass is 10.1. The molecule has 26 heavy (non-hydrogen) atoms. The van der Waals surface area contributed by atoms with Crippen LogP contribution in [0.15, 0.2) is 28.8 Å². The Morgan fingerprint density at radius 1 is 1.46 bits per heavy atom. The van der Waals surface area contributed by atoms with Crippen LogP contribution in [-0.4, -0.2) is 35.6 Å². The smallest absolute Gasteiger partial charge is 0.307 e. The number of aromatic nitrogens is 1. The Bertz CT molecular complexity index is 866. The van der Waals surface area contributed by atoms with Crippen LogP contribution < -0.4 is 15.4 Å². The van der Waals surface area contributed by atoms with E-state index in [1.807, 2.05) is 0 Å². The first-order chi connectivity index (χ1) is 12.6. The highest BCUT2D eigenvalue weighted by molar-refractivity contribution is 5.90. The first-order valence-electron chi connectivity index (χ1n) is 8.83. The van der Waals surface area contributed by atoms with Crippen molar-refractivity contribution in [2.75, 3.05) is 6.54 Å². The van der Waals surface area contributed by atoms with Gasteiger partial charge in [-0.05, 0) is 44.4 Å². The van der Waals surface area contributed by atoms with Crippen LogP contribution in [0.1, 0.15) is 42.4 Å². The number of nitrogens with zero attached hydrogens (tertiary/aromatic N) is 2. The minimum absolute atomic E-state index is 0.0132. The van der Waals surface area contributed by atoms with Crippen molar-refractivity contribution >= 4 is 5.91 Å². The van der Waals surface area contributed by atoms with Gasteiger partial charge in [-0.3, -0.25) is 4.79 Å². The van der Waals surface area contributed by atoms with Crippen molar-refractivity contribution in [3.05, 3.63) is 35.9 Å². The average molecular weight is 352 g/mol. The highest BCUT2D eigenvalue weighted by Gasteiger charge is 2.27. The van der Waals surface area contributed by atoms with E-state index in [1.54, 1.807) is 18.2 Å². The van der Waals surface area contributed by atoms with Gasteiger partial charge in [0.15, 0.2) is 5.76 Å². The van der Waals surface area contributed by atoms with Crippen LogP contribution in [0.3, 0.4) is 0 Å². The van der Waals surface area contributed by atoms with Gasteiger partial charge in [0.1, 0.15) is 5.75 Å². The molecular formula is C19H20N4O3. The zero-order valence-electron chi connectivity index (χ0n) is 14.5. The molecule has 7 heteroatoms. The number of carbonyl (C=O) groups is 1. The second kappa shape index (κ2) is 6.81. The molecule has 134 valence electrons. The summed E-state index contributed by atoms with van der Waals surface area (Å²) < 4.78 is 11.6. The fourth-order valence-electron chi connectivity index (χ4n) is 3.06. The fraction of sp³-hybridized carbons (Fsp3) is 0.421. The van der Waals surface area contributed by atoms with E-state index in [0.29, 0.717) is 28.7 Å². The van der Waals surface area contributed by atoms with Gasteiger partial charge in [-0.15, -0.1) is 0 Å². The lowest BCUT2D eigenvalue weighted by molar-refractivity contribution is 0.0905. The molecule has 1 saturated carbocycles. The number of oxazole rings is 1. The highest BCUT2D eigenvalue weighted by Crippen LogP contribution is 2.35. The molecule has 0 unspecified atom stereocenters. The number of nitriles is 1. The quantitative estimate of drug-likeness (QED) is 0.856. The molecule has 0 radical (unpaired) electrons. The van der Waals surface area contributed by atoms with Crippen molar-refractivity contribution in [3.63, 3.8) is 0 Å². The van der Waals surface area contributed by atoms with Gasteiger partial charge in [-0.1, -0.05) is 0 Å². The van der Waals surface area contributed by atoms with Gasteiger partial charge in [0.25, 0.3) is 5.89 Å². The van der Waals surface area contributed by atoms with Crippen LogP contribution in [-0.2, 0) is 0 Å². The molecule has 2 aromatic rings. The van der Waals surface area contributed by atoms with Crippen LogP contribution in [0, 0.1) is 11.3 Å². The van der Waals surface area contributed by atoms with Crippen LogP contribution in [0.25, 0.3) is 11.3 Å². The summed E-state index contributed by atoms with van der Waals surface area (Å²) >= 11 is 0. The average Bonchev–Trinajstić information content (AvgIpc) is 3.15. The van der Waals surface area contributed by atoms with E-state index in [0.717, 1.165) is 25.8 Å². The lowest BCUT2D eigenvalue weighted by Gasteiger charge is -2.10. The number of benzene rings is 1. The van der Waals surface area contributed by atoms with Crippen molar-refractivity contribution in [2.24, 2.45) is 0 Å². The van der Waals surface area contributed by atoms with Crippen molar-refractivity contribution < 1.29 is 13.9 Å². The Morgan fingerprint density at radius 2 is 2.31 bits per heavy atom. The molecule has 1 aliphatic carbocycles. The lowest BCUT2D eigenvalue weighted by Crippen LogP contribution is -2.36. The maximum Gasteiger partial charge on any atom is 0.307 e. The van der Waals surface area contributed by atoms with Crippen LogP contribution in [0.2, 0.25) is 0 Å². The number of hydrogen-bond donors (Lipinski definition) is 2. The molecule has 7 nitrogen and oxygen atoms in total. The standard InChI is InChI=1S/C19H20N4O3/c1-11-6-13(9-21-11)23-18(24)19-22-10-17(26-19)15-7-12(8-20)2-5-16(15)25-14-3-4-14/h2,5,7,10-11,13-14,21H,3-4,6,9H2,1H3,(H,23,24)/t11-,13-/m1/s1. The van der Waals surface area contributed by atoms with Gasteiger partial charge in [0.05, 0.1) is 29.5 Å². The molecule has 0 bridgehead atoms. The molecule has 2 atom stereocenters. The van der Waals surface area contributed by atoms with E-state index in [9.17, 15) is 4.79 Å². The zero-order chi connectivity index (χ0) is 18.1. The summed E-state index contributed by atoms with van der Waals surface area (Å²) in [4.78, 5) is 16.5. The second-order valence-corrected chi connectivity index (χ2v) is 6.88. The van der Waals surface area contributed by atoms with Gasteiger partial charge < -0.3 is 19.8 Å². The van der Waals surface area contributed by atoms with Crippen LogP contribution in [0.4, 0.5) is 0 Å². The molecular weight excluding hydrogens is 332 g/mol. The number of rotatable bonds is 5. The summed E-state index contributed by atoms with van der Waals surface area (Å²) in [5.74, 6) is 0.738. The second-order valence-electron chi connectivity index (χ2n) is 6.88. The maximum atomic E-state index is 12.4. The molecule has 0 spiro atoms. The zero-order valence-corrected chi connectivity index (χ0v) is 14.5. The minimum Gasteiger partial charge on any atom is -0.490 e. The van der Waals surface area contributed by atoms with Gasteiger partial charge >= 0.3 is 5.91 Å². The third kappa shape index (κ3) is 3.55. The summed E-state index contributed by atoms with van der Waals surface area (Å²) in [6.45, 7) is 2.82. The predicted molar refractivity (Wildman–Crippen MR) is 93.6 cm³/mol. The van der Waals surface area contributed by atoms with Crippen molar-refractivity contribution in [1.29, 1.82) is 5.26 Å². The Labute approximate surface area is 151 Å². The van der Waals surface area contributed by atoms with Gasteiger partial charge in [-0.25, -0.2) is 4.98 Å². The topological polar surface area (TPSA) is 100 Å². The van der Waals surface area contributed by atoms with Gasteiger partial charge in [-0.2, -0.15) is 5.26 Å². The summed E-state index contributed by atoms with van der Waals surface area (Å²) in [5, 5.41) is 15.4. The van der Waals surface area contributed by atoms with Crippen molar-refractivity contribution in [1.82, 2.24) is 15.6 Å². The summed E-state index contributed by atoms with van der Waals surface area (Å²) in [6, 6.07) is 7.74. The number of nitrogens with one attached hydrogen (secondary N) is 2. The predicted octanol–water partition coefficient (Wildman–Crippen LogP) is 2.23. The third-order valence-corrected chi connectivity index (χ3v) is 4.58. The van der Waals surface area contributed by atoms with E-state index in [2.05, 4.69) is 28.6 Å². The molecule has 2 heterocycles. The summed E-state index contributed by atoms with van der Waals surface area (Å²) in [7, 11) is 0. The summed E-state index contributed by atoms with van der Waals surface area (Å²) in [6.07, 6.45) is 4.64. The Hall–Kier alpha value is -2.85. The first kappa shape index (κ1) is 16.6. The largest absolute Gasteiger partial charge is 0.490 e. The minimum atomic E-state index is -0.335. The fourth-order valence-corrected chi connectivity index (χ4v) is 3.06. The summed E-state index contributed by atoms with van der Waals surface area (Å²) in [5.41, 5.74) is 1.13. The van der Waals surface area contributed by atoms with E-state index < -0.39 is 0 Å². The van der Waals surface area contributed by atoms with E-state index in [4.69, 9.17) is 14.4 Å². The number of carbonyl (C=O) groups excluding carboxylic acids is 1. The monoisotopic (exact) mass is 352 g/mol. The molecule has 1 aliphatic heterocycles. The molecule has 2 fully saturated rings. The van der Waals surface area contributed by atoms with Crippen molar-refractivity contribution in [3.8, 4) is 23.1 Å². The van der Waals surface area contributed by atoms with Crippen LogP contribution in [0.5, 0.6) is 5.75 Å². The Balaban J connectivity index is 1.55. The molecule has 1 aromatic carbocycles. The third-order valence-electron chi connectivity index (χ3n) is 4.58. The SMILES string of the molecule is C[C@@H]1C[C@@H](NC(=O)c2ncc(-c3cc(C#N)ccc3OC3CC3)o2)CN1. The number of hydrogen-bond acceptors (Lipinski definition) is 6. The number of ether oxygens (including phenoxy) is 1. The van der Waals surface area contributed by atoms with E-state index in [1.165, 1.54) is 6.20 Å².